The van der Waals surface area contributed by atoms with Crippen LogP contribution in [0, 0.1) is 0 Å². The largest absolute Gasteiger partial charge is 0.339 e. The van der Waals surface area contributed by atoms with Crippen molar-refractivity contribution in [1.82, 2.24) is 4.57 Å². The molecule has 0 bridgehead atoms. The number of hydrogen-bond donors (Lipinski definition) is 1. The Balaban J connectivity index is 2.49. The molecule has 80 valence electrons. The smallest absolute Gasteiger partial charge is 0.0491 e. The summed E-state index contributed by atoms with van der Waals surface area (Å²) in [5.41, 5.74) is 8.23. The zero-order chi connectivity index (χ0) is 11.0. The molecule has 3 rings (SSSR count). The molecular weight excluding hydrogens is 196 g/mol. The maximum absolute atomic E-state index is 5.68. The predicted molar refractivity (Wildman–Crippen MR) is 68.5 cm³/mol. The van der Waals surface area contributed by atoms with Crippen LogP contribution in [-0.2, 0) is 6.54 Å². The van der Waals surface area contributed by atoms with Crippen LogP contribution in [0.4, 0.5) is 0 Å². The van der Waals surface area contributed by atoms with Gasteiger partial charge in [0.25, 0.3) is 0 Å². The molecule has 2 aromatic carbocycles. The molecule has 2 heteroatoms. The van der Waals surface area contributed by atoms with Crippen molar-refractivity contribution < 1.29 is 0 Å². The lowest BCUT2D eigenvalue weighted by molar-refractivity contribution is 0.758. The standard InChI is InChI=1S/C14H14N2/c15-9-10-16-13-7-3-1-5-11(13)12-6-2-4-8-14(12)16/h1-8H,9-10,15H2. The number of nitrogens with two attached hydrogens (primary N) is 1. The van der Waals surface area contributed by atoms with Crippen LogP contribution < -0.4 is 5.73 Å². The number of fused-ring (bicyclic) bond motifs is 3. The first-order valence-corrected chi connectivity index (χ1v) is 5.58. The molecule has 0 radical (unpaired) electrons. The minimum absolute atomic E-state index is 0.669. The van der Waals surface area contributed by atoms with Gasteiger partial charge in [-0.3, -0.25) is 0 Å². The van der Waals surface area contributed by atoms with Crippen LogP contribution in [-0.4, -0.2) is 11.1 Å². The summed E-state index contributed by atoms with van der Waals surface area (Å²) in [6.45, 7) is 1.54. The molecule has 0 unspecified atom stereocenters. The summed E-state index contributed by atoms with van der Waals surface area (Å²) in [5, 5.41) is 2.62. The Labute approximate surface area is 94.3 Å². The average molecular weight is 210 g/mol. The van der Waals surface area contributed by atoms with Crippen LogP contribution >= 0.6 is 0 Å². The van der Waals surface area contributed by atoms with E-state index in [1.807, 2.05) is 0 Å². The third kappa shape index (κ3) is 1.24. The molecule has 0 aliphatic carbocycles. The molecule has 0 atom stereocenters. The summed E-state index contributed by atoms with van der Waals surface area (Å²) in [4.78, 5) is 0. The minimum Gasteiger partial charge on any atom is -0.339 e. The first-order valence-electron chi connectivity index (χ1n) is 5.58. The number of nitrogens with zero attached hydrogens (tertiary/aromatic N) is 1. The van der Waals surface area contributed by atoms with Gasteiger partial charge in [0, 0.05) is 34.9 Å². The molecule has 0 aliphatic rings. The number of para-hydroxylation sites is 2. The fraction of sp³-hybridized carbons (Fsp3) is 0.143. The second-order valence-corrected chi connectivity index (χ2v) is 3.97. The highest BCUT2D eigenvalue weighted by Crippen LogP contribution is 2.28. The van der Waals surface area contributed by atoms with Crippen LogP contribution in [0.2, 0.25) is 0 Å². The van der Waals surface area contributed by atoms with Crippen LogP contribution in [0.3, 0.4) is 0 Å². The van der Waals surface area contributed by atoms with Gasteiger partial charge < -0.3 is 10.3 Å². The monoisotopic (exact) mass is 210 g/mol. The lowest BCUT2D eigenvalue weighted by atomic mass is 10.2. The van der Waals surface area contributed by atoms with E-state index in [4.69, 9.17) is 5.73 Å². The van der Waals surface area contributed by atoms with E-state index in [0.717, 1.165) is 6.54 Å². The van der Waals surface area contributed by atoms with Gasteiger partial charge in [0.1, 0.15) is 0 Å². The normalized spacial score (nSPS) is 11.3. The third-order valence-electron chi connectivity index (χ3n) is 3.03. The minimum atomic E-state index is 0.669. The van der Waals surface area contributed by atoms with Crippen LogP contribution in [0.1, 0.15) is 0 Å². The Bertz CT molecular complexity index is 584. The van der Waals surface area contributed by atoms with Gasteiger partial charge in [-0.25, -0.2) is 0 Å². The van der Waals surface area contributed by atoms with Crippen molar-refractivity contribution in [2.75, 3.05) is 6.54 Å². The van der Waals surface area contributed by atoms with Gasteiger partial charge in [-0.2, -0.15) is 0 Å². The summed E-state index contributed by atoms with van der Waals surface area (Å²) in [6, 6.07) is 17.0. The van der Waals surface area contributed by atoms with E-state index >= 15 is 0 Å². The fourth-order valence-electron chi connectivity index (χ4n) is 2.37. The second-order valence-electron chi connectivity index (χ2n) is 3.97. The maximum atomic E-state index is 5.68. The number of hydrogen-bond acceptors (Lipinski definition) is 1. The zero-order valence-electron chi connectivity index (χ0n) is 9.06. The van der Waals surface area contributed by atoms with Crippen molar-refractivity contribution in [3.63, 3.8) is 0 Å². The van der Waals surface area contributed by atoms with E-state index in [2.05, 4.69) is 53.1 Å². The van der Waals surface area contributed by atoms with Crippen molar-refractivity contribution in [1.29, 1.82) is 0 Å². The van der Waals surface area contributed by atoms with Crippen molar-refractivity contribution in [2.45, 2.75) is 6.54 Å². The molecular formula is C14H14N2. The summed E-state index contributed by atoms with van der Waals surface area (Å²) in [6.07, 6.45) is 0. The second kappa shape index (κ2) is 3.65. The molecule has 2 N–H and O–H groups in total. The molecule has 2 nitrogen and oxygen atoms in total. The quantitative estimate of drug-likeness (QED) is 0.692. The predicted octanol–water partition coefficient (Wildman–Crippen LogP) is 2.75. The highest BCUT2D eigenvalue weighted by Gasteiger charge is 2.07. The van der Waals surface area contributed by atoms with Gasteiger partial charge >= 0.3 is 0 Å². The highest BCUT2D eigenvalue weighted by atomic mass is 15.0. The van der Waals surface area contributed by atoms with Crippen LogP contribution in [0.25, 0.3) is 21.8 Å². The van der Waals surface area contributed by atoms with Crippen molar-refractivity contribution in [2.24, 2.45) is 5.73 Å². The molecule has 0 spiro atoms. The first-order chi connectivity index (χ1) is 7.92. The average Bonchev–Trinajstić information content (AvgIpc) is 2.66. The molecule has 0 saturated heterocycles. The number of rotatable bonds is 2. The third-order valence-corrected chi connectivity index (χ3v) is 3.03. The van der Waals surface area contributed by atoms with Crippen LogP contribution in [0.15, 0.2) is 48.5 Å². The Morgan fingerprint density at radius 2 is 1.31 bits per heavy atom. The molecule has 16 heavy (non-hydrogen) atoms. The lowest BCUT2D eigenvalue weighted by Crippen LogP contribution is -2.09. The first kappa shape index (κ1) is 9.43. The fourth-order valence-corrected chi connectivity index (χ4v) is 2.37. The topological polar surface area (TPSA) is 30.9 Å². The summed E-state index contributed by atoms with van der Waals surface area (Å²) >= 11 is 0. The van der Waals surface area contributed by atoms with E-state index in [1.54, 1.807) is 0 Å². The SMILES string of the molecule is NCCn1c2ccccc2c2ccccc21. The van der Waals surface area contributed by atoms with E-state index in [0.29, 0.717) is 6.54 Å². The van der Waals surface area contributed by atoms with Gasteiger partial charge in [-0.1, -0.05) is 36.4 Å². The Kier molecular flexibility index (Phi) is 2.15. The van der Waals surface area contributed by atoms with Gasteiger partial charge in [-0.15, -0.1) is 0 Å². The molecule has 0 saturated carbocycles. The van der Waals surface area contributed by atoms with E-state index in [1.165, 1.54) is 21.8 Å². The van der Waals surface area contributed by atoms with Crippen molar-refractivity contribution in [3.8, 4) is 0 Å². The van der Waals surface area contributed by atoms with Crippen LogP contribution in [0.5, 0.6) is 0 Å². The van der Waals surface area contributed by atoms with Gasteiger partial charge in [-0.05, 0) is 12.1 Å². The summed E-state index contributed by atoms with van der Waals surface area (Å²) in [7, 11) is 0. The van der Waals surface area contributed by atoms with Gasteiger partial charge in [0.05, 0.1) is 0 Å². The van der Waals surface area contributed by atoms with E-state index in [9.17, 15) is 0 Å². The molecule has 1 heterocycles. The van der Waals surface area contributed by atoms with E-state index in [-0.39, 0.29) is 0 Å². The molecule has 3 aromatic rings. The van der Waals surface area contributed by atoms with Crippen molar-refractivity contribution >= 4 is 21.8 Å². The lowest BCUT2D eigenvalue weighted by Gasteiger charge is -2.04. The number of benzene rings is 2. The molecule has 0 fully saturated rings. The summed E-state index contributed by atoms with van der Waals surface area (Å²) < 4.78 is 2.30. The Morgan fingerprint density at radius 3 is 1.81 bits per heavy atom. The number of aromatic nitrogens is 1. The highest BCUT2D eigenvalue weighted by molar-refractivity contribution is 6.07. The Hall–Kier alpha value is -1.80. The van der Waals surface area contributed by atoms with Crippen molar-refractivity contribution in [3.05, 3.63) is 48.5 Å². The van der Waals surface area contributed by atoms with E-state index < -0.39 is 0 Å². The summed E-state index contributed by atoms with van der Waals surface area (Å²) in [5.74, 6) is 0. The zero-order valence-corrected chi connectivity index (χ0v) is 9.06. The molecule has 0 aliphatic heterocycles. The Morgan fingerprint density at radius 1 is 0.812 bits per heavy atom. The molecule has 0 amide bonds. The van der Waals surface area contributed by atoms with Gasteiger partial charge in [0.15, 0.2) is 0 Å². The maximum Gasteiger partial charge on any atom is 0.0491 e. The van der Waals surface area contributed by atoms with Gasteiger partial charge in [0.2, 0.25) is 0 Å². The molecule has 1 aromatic heterocycles.